The van der Waals surface area contributed by atoms with Gasteiger partial charge in [-0.1, -0.05) is 11.6 Å². The predicted molar refractivity (Wildman–Crippen MR) is 69.2 cm³/mol. The second-order valence-corrected chi connectivity index (χ2v) is 4.71. The molecule has 0 heterocycles. The molecule has 0 radical (unpaired) electrons. The molecule has 0 aromatic heterocycles. The molecule has 100 valence electrons. The number of hydrogen-bond acceptors (Lipinski definition) is 4. The first-order chi connectivity index (χ1) is 8.42. The molecule has 0 aliphatic carbocycles. The minimum atomic E-state index is -1.12. The molecule has 4 nitrogen and oxygen atoms in total. The molecule has 1 aromatic carbocycles. The molecule has 0 atom stereocenters. The lowest BCUT2D eigenvalue weighted by atomic mass is 10.2. The quantitative estimate of drug-likeness (QED) is 0.471. The van der Waals surface area contributed by atoms with E-state index in [2.05, 4.69) is 0 Å². The summed E-state index contributed by atoms with van der Waals surface area (Å²) in [4.78, 5) is 10.5. The van der Waals surface area contributed by atoms with Gasteiger partial charge >= 0.3 is 0 Å². The van der Waals surface area contributed by atoms with Crippen LogP contribution in [-0.4, -0.2) is 30.4 Å². The molecule has 0 fully saturated rings. The molecule has 1 rings (SSSR count). The predicted octanol–water partition coefficient (Wildman–Crippen LogP) is 2.67. The highest BCUT2D eigenvalue weighted by molar-refractivity contribution is 6.32. The molecular weight excluding hydrogens is 256 g/mol. The van der Waals surface area contributed by atoms with Gasteiger partial charge in [-0.25, -0.2) is 0 Å². The second-order valence-electron chi connectivity index (χ2n) is 4.30. The molecule has 0 unspecified atom stereocenters. The van der Waals surface area contributed by atoms with Crippen LogP contribution in [0.15, 0.2) is 18.2 Å². The van der Waals surface area contributed by atoms with Crippen molar-refractivity contribution in [3.63, 3.8) is 0 Å². The highest BCUT2D eigenvalue weighted by atomic mass is 35.5. The summed E-state index contributed by atoms with van der Waals surface area (Å²) < 4.78 is 10.6. The van der Waals surface area contributed by atoms with Crippen LogP contribution in [0.3, 0.4) is 0 Å². The first-order valence-electron chi connectivity index (χ1n) is 5.66. The second kappa shape index (κ2) is 6.73. The van der Waals surface area contributed by atoms with Gasteiger partial charge in [-0.2, -0.15) is 0 Å². The smallest absolute Gasteiger partial charge is 0.159 e. The van der Waals surface area contributed by atoms with Crippen molar-refractivity contribution in [2.45, 2.75) is 26.1 Å². The van der Waals surface area contributed by atoms with Gasteiger partial charge in [-0.3, -0.25) is 4.79 Å². The molecule has 0 aliphatic rings. The average molecular weight is 273 g/mol. The molecule has 5 heteroatoms. The number of aliphatic hydroxyl groups is 1. The van der Waals surface area contributed by atoms with Crippen molar-refractivity contribution in [2.24, 2.45) is 0 Å². The zero-order valence-corrected chi connectivity index (χ0v) is 11.2. The molecule has 0 spiro atoms. The summed E-state index contributed by atoms with van der Waals surface area (Å²) in [6, 6.07) is 4.85. The van der Waals surface area contributed by atoms with Crippen molar-refractivity contribution in [3.05, 3.63) is 28.8 Å². The Kier molecular flexibility index (Phi) is 5.59. The van der Waals surface area contributed by atoms with Crippen molar-refractivity contribution >= 4 is 17.9 Å². The minimum absolute atomic E-state index is 0.396. The fourth-order valence-electron chi connectivity index (χ4n) is 1.27. The van der Waals surface area contributed by atoms with Crippen molar-refractivity contribution in [1.82, 2.24) is 0 Å². The van der Waals surface area contributed by atoms with Crippen molar-refractivity contribution in [1.29, 1.82) is 0 Å². The first-order valence-corrected chi connectivity index (χ1v) is 6.04. The van der Waals surface area contributed by atoms with Crippen LogP contribution in [0.1, 0.15) is 30.6 Å². The standard InChI is InChI=1S/C13H17ClO4/c1-13(2,16)18-7-3-6-17-12-5-4-10(9-15)8-11(12)14/h4-5,8-9,16H,3,6-7H2,1-2H3. The van der Waals surface area contributed by atoms with Crippen LogP contribution in [0, 0.1) is 0 Å². The SMILES string of the molecule is CC(C)(O)OCCCOc1ccc(C=O)cc1Cl. The fraction of sp³-hybridized carbons (Fsp3) is 0.462. The van der Waals surface area contributed by atoms with Crippen LogP contribution >= 0.6 is 11.6 Å². The van der Waals surface area contributed by atoms with Gasteiger partial charge in [0.05, 0.1) is 18.2 Å². The van der Waals surface area contributed by atoms with Crippen molar-refractivity contribution < 1.29 is 19.4 Å². The Labute approximate surface area is 111 Å². The Morgan fingerprint density at radius 1 is 1.39 bits per heavy atom. The number of carbonyl (C=O) groups is 1. The maximum atomic E-state index is 10.5. The summed E-state index contributed by atoms with van der Waals surface area (Å²) in [5.41, 5.74) is 0.512. The Hall–Kier alpha value is -1.10. The number of benzene rings is 1. The zero-order chi connectivity index (χ0) is 13.6. The number of halogens is 1. The van der Waals surface area contributed by atoms with Gasteiger partial charge in [-0.05, 0) is 32.0 Å². The van der Waals surface area contributed by atoms with Crippen molar-refractivity contribution in [2.75, 3.05) is 13.2 Å². The minimum Gasteiger partial charge on any atom is -0.492 e. The molecule has 0 amide bonds. The Balaban J connectivity index is 2.33. The lowest BCUT2D eigenvalue weighted by molar-refractivity contribution is -0.176. The van der Waals surface area contributed by atoms with E-state index < -0.39 is 5.79 Å². The molecule has 0 bridgehead atoms. The van der Waals surface area contributed by atoms with Gasteiger partial charge in [0.2, 0.25) is 0 Å². The maximum absolute atomic E-state index is 10.5. The first kappa shape index (κ1) is 15.0. The third kappa shape index (κ3) is 5.49. The monoisotopic (exact) mass is 272 g/mol. The number of ether oxygens (including phenoxy) is 2. The van der Waals surface area contributed by atoms with E-state index in [1.165, 1.54) is 0 Å². The van der Waals surface area contributed by atoms with Crippen LogP contribution in [0.25, 0.3) is 0 Å². The number of carbonyl (C=O) groups excluding carboxylic acids is 1. The van der Waals surface area contributed by atoms with Crippen LogP contribution in [0.2, 0.25) is 5.02 Å². The number of hydrogen-bond donors (Lipinski definition) is 1. The fourth-order valence-corrected chi connectivity index (χ4v) is 1.51. The highest BCUT2D eigenvalue weighted by Gasteiger charge is 2.11. The lowest BCUT2D eigenvalue weighted by Crippen LogP contribution is -2.24. The summed E-state index contributed by atoms with van der Waals surface area (Å²) in [5, 5.41) is 9.72. The van der Waals surface area contributed by atoms with E-state index in [0.29, 0.717) is 36.0 Å². The van der Waals surface area contributed by atoms with Gasteiger partial charge < -0.3 is 14.6 Å². The topological polar surface area (TPSA) is 55.8 Å². The lowest BCUT2D eigenvalue weighted by Gasteiger charge is -2.18. The third-order valence-electron chi connectivity index (χ3n) is 2.09. The van der Waals surface area contributed by atoms with E-state index in [1.807, 2.05) is 0 Å². The van der Waals surface area contributed by atoms with Crippen LogP contribution < -0.4 is 4.74 Å². The normalized spacial score (nSPS) is 11.3. The van der Waals surface area contributed by atoms with Crippen LogP contribution in [0.4, 0.5) is 0 Å². The Bertz CT molecular complexity index is 398. The van der Waals surface area contributed by atoms with Crippen molar-refractivity contribution in [3.8, 4) is 5.75 Å². The molecular formula is C13H17ClO4. The summed E-state index contributed by atoms with van der Waals surface area (Å²) in [7, 11) is 0. The van der Waals surface area contributed by atoms with E-state index in [-0.39, 0.29) is 0 Å². The van der Waals surface area contributed by atoms with Gasteiger partial charge in [0.25, 0.3) is 0 Å². The number of aldehydes is 1. The summed E-state index contributed by atoms with van der Waals surface area (Å²) in [6.45, 7) is 3.97. The van der Waals surface area contributed by atoms with Gasteiger partial charge in [-0.15, -0.1) is 0 Å². The van der Waals surface area contributed by atoms with E-state index in [0.717, 1.165) is 6.29 Å². The molecule has 0 aliphatic heterocycles. The zero-order valence-electron chi connectivity index (χ0n) is 10.5. The molecule has 0 saturated heterocycles. The Morgan fingerprint density at radius 3 is 2.67 bits per heavy atom. The summed E-state index contributed by atoms with van der Waals surface area (Å²) >= 11 is 5.94. The molecule has 1 N–H and O–H groups in total. The van der Waals surface area contributed by atoms with E-state index in [1.54, 1.807) is 32.0 Å². The van der Waals surface area contributed by atoms with Gasteiger partial charge in [0, 0.05) is 12.0 Å². The average Bonchev–Trinajstić information content (AvgIpc) is 2.29. The number of rotatable bonds is 7. The van der Waals surface area contributed by atoms with E-state index in [9.17, 15) is 9.90 Å². The third-order valence-corrected chi connectivity index (χ3v) is 2.39. The van der Waals surface area contributed by atoms with Gasteiger partial charge in [0.1, 0.15) is 12.0 Å². The highest BCUT2D eigenvalue weighted by Crippen LogP contribution is 2.24. The largest absolute Gasteiger partial charge is 0.492 e. The maximum Gasteiger partial charge on any atom is 0.159 e. The summed E-state index contributed by atoms with van der Waals surface area (Å²) in [5.74, 6) is -0.589. The summed E-state index contributed by atoms with van der Waals surface area (Å²) in [6.07, 6.45) is 1.36. The molecule has 1 aromatic rings. The van der Waals surface area contributed by atoms with Crippen LogP contribution in [0.5, 0.6) is 5.75 Å². The molecule has 18 heavy (non-hydrogen) atoms. The van der Waals surface area contributed by atoms with E-state index >= 15 is 0 Å². The van der Waals surface area contributed by atoms with Crippen LogP contribution in [-0.2, 0) is 4.74 Å². The molecule has 0 saturated carbocycles. The Morgan fingerprint density at radius 2 is 2.11 bits per heavy atom. The van der Waals surface area contributed by atoms with Gasteiger partial charge in [0.15, 0.2) is 5.79 Å². The van der Waals surface area contributed by atoms with E-state index in [4.69, 9.17) is 21.1 Å².